The van der Waals surface area contributed by atoms with Gasteiger partial charge in [-0.15, -0.1) is 0 Å². The van der Waals surface area contributed by atoms with Crippen molar-refractivity contribution in [1.29, 1.82) is 0 Å². The Morgan fingerprint density at radius 2 is 1.55 bits per heavy atom. The van der Waals surface area contributed by atoms with E-state index in [0.29, 0.717) is 11.1 Å². The van der Waals surface area contributed by atoms with Crippen molar-refractivity contribution in [3.8, 4) is 11.3 Å². The zero-order valence-electron chi connectivity index (χ0n) is 10.9. The Morgan fingerprint density at radius 1 is 0.950 bits per heavy atom. The summed E-state index contributed by atoms with van der Waals surface area (Å²) in [6.45, 7) is 1.33. The minimum atomic E-state index is -0.391. The molecule has 1 heterocycles. The minimum absolute atomic E-state index is 0.382. The Kier molecular flexibility index (Phi) is 2.91. The van der Waals surface area contributed by atoms with E-state index in [0.717, 1.165) is 15.6 Å². The molecule has 0 aliphatic carbocycles. The highest BCUT2D eigenvalue weighted by atomic mass is 16.2. The Morgan fingerprint density at radius 3 is 2.20 bits per heavy atom. The van der Waals surface area contributed by atoms with Crippen molar-refractivity contribution < 1.29 is 4.79 Å². The van der Waals surface area contributed by atoms with Crippen LogP contribution in [0.3, 0.4) is 0 Å². The van der Waals surface area contributed by atoms with Crippen molar-refractivity contribution in [3.05, 3.63) is 65.0 Å². The van der Waals surface area contributed by atoms with Crippen molar-refractivity contribution >= 4 is 16.7 Å². The molecule has 0 bridgehead atoms. The molecule has 98 valence electrons. The third-order valence-electron chi connectivity index (χ3n) is 3.15. The zero-order valence-corrected chi connectivity index (χ0v) is 10.9. The molecule has 0 N–H and O–H groups in total. The number of fused-ring (bicyclic) bond motifs is 1. The van der Waals surface area contributed by atoms with Gasteiger partial charge < -0.3 is 0 Å². The van der Waals surface area contributed by atoms with Crippen molar-refractivity contribution in [1.82, 2.24) is 9.78 Å². The van der Waals surface area contributed by atoms with Gasteiger partial charge in [0.25, 0.3) is 5.56 Å². The predicted molar refractivity (Wildman–Crippen MR) is 77.7 cm³/mol. The highest BCUT2D eigenvalue weighted by Crippen LogP contribution is 2.23. The molecule has 4 heteroatoms. The number of hydrogen-bond acceptors (Lipinski definition) is 3. The molecule has 0 amide bonds. The van der Waals surface area contributed by atoms with Crippen LogP contribution in [0.2, 0.25) is 0 Å². The number of benzene rings is 2. The second-order valence-corrected chi connectivity index (χ2v) is 4.50. The van der Waals surface area contributed by atoms with E-state index < -0.39 is 5.91 Å². The molecule has 0 aliphatic rings. The third-order valence-corrected chi connectivity index (χ3v) is 3.15. The number of nitrogens with zero attached hydrogens (tertiary/aromatic N) is 2. The molecule has 3 aromatic rings. The first kappa shape index (κ1) is 12.3. The molecule has 1 aromatic heterocycles. The van der Waals surface area contributed by atoms with Gasteiger partial charge in [-0.1, -0.05) is 48.5 Å². The first-order valence-corrected chi connectivity index (χ1v) is 6.27. The summed E-state index contributed by atoms with van der Waals surface area (Å²) in [5, 5.41) is 5.47. The quantitative estimate of drug-likeness (QED) is 0.679. The maximum absolute atomic E-state index is 12.2. The van der Waals surface area contributed by atoms with E-state index in [4.69, 9.17) is 0 Å². The standard InChI is InChI=1S/C16H12N2O2/c1-11(19)18-16(20)14-10-6-5-9-13(14)15(17-18)12-7-3-2-4-8-12/h2-10H,1H3. The summed E-state index contributed by atoms with van der Waals surface area (Å²) in [5.41, 5.74) is 1.13. The summed E-state index contributed by atoms with van der Waals surface area (Å²) in [6, 6.07) is 16.7. The van der Waals surface area contributed by atoms with Crippen LogP contribution < -0.4 is 5.56 Å². The monoisotopic (exact) mass is 264 g/mol. The molecule has 0 aliphatic heterocycles. The van der Waals surface area contributed by atoms with Crippen molar-refractivity contribution in [2.45, 2.75) is 6.92 Å². The van der Waals surface area contributed by atoms with E-state index in [9.17, 15) is 9.59 Å². The number of aromatic nitrogens is 2. The third kappa shape index (κ3) is 1.91. The molecular formula is C16H12N2O2. The Labute approximate surface area is 115 Å². The summed E-state index contributed by atoms with van der Waals surface area (Å²) in [4.78, 5) is 23.8. The molecule has 2 aromatic carbocycles. The second kappa shape index (κ2) is 4.74. The lowest BCUT2D eigenvalue weighted by Crippen LogP contribution is -2.28. The molecule has 20 heavy (non-hydrogen) atoms. The van der Waals surface area contributed by atoms with Crippen LogP contribution in [0.25, 0.3) is 22.0 Å². The number of rotatable bonds is 1. The topological polar surface area (TPSA) is 52.0 Å². The van der Waals surface area contributed by atoms with Crippen molar-refractivity contribution in [2.24, 2.45) is 0 Å². The zero-order chi connectivity index (χ0) is 14.1. The predicted octanol–water partition coefficient (Wildman–Crippen LogP) is 2.72. The number of hydrogen-bond donors (Lipinski definition) is 0. The van der Waals surface area contributed by atoms with Gasteiger partial charge in [-0.25, -0.2) is 0 Å². The fourth-order valence-corrected chi connectivity index (χ4v) is 2.21. The van der Waals surface area contributed by atoms with Crippen LogP contribution in [0.15, 0.2) is 59.4 Å². The van der Waals surface area contributed by atoms with Crippen molar-refractivity contribution in [2.75, 3.05) is 0 Å². The lowest BCUT2D eigenvalue weighted by atomic mass is 10.1. The van der Waals surface area contributed by atoms with E-state index in [1.807, 2.05) is 42.5 Å². The van der Waals surface area contributed by atoms with Gasteiger partial charge in [-0.3, -0.25) is 9.59 Å². The summed E-state index contributed by atoms with van der Waals surface area (Å²) >= 11 is 0. The molecule has 0 saturated heterocycles. The van der Waals surface area contributed by atoms with Crippen LogP contribution in [-0.2, 0) is 0 Å². The van der Waals surface area contributed by atoms with Gasteiger partial charge in [0, 0.05) is 17.9 Å². The van der Waals surface area contributed by atoms with Crippen molar-refractivity contribution in [3.63, 3.8) is 0 Å². The van der Waals surface area contributed by atoms with E-state index in [1.165, 1.54) is 6.92 Å². The fourth-order valence-electron chi connectivity index (χ4n) is 2.21. The molecule has 0 unspecified atom stereocenters. The Hall–Kier alpha value is -2.75. The summed E-state index contributed by atoms with van der Waals surface area (Å²) < 4.78 is 0.921. The Bertz CT molecular complexity index is 851. The van der Waals surface area contributed by atoms with Gasteiger partial charge in [0.15, 0.2) is 0 Å². The minimum Gasteiger partial charge on any atom is -0.273 e. The maximum atomic E-state index is 12.2. The lowest BCUT2D eigenvalue weighted by molar-refractivity contribution is 0.0916. The summed E-state index contributed by atoms with van der Waals surface area (Å²) in [5.74, 6) is -0.391. The maximum Gasteiger partial charge on any atom is 0.281 e. The van der Waals surface area contributed by atoms with Crippen LogP contribution in [-0.4, -0.2) is 15.7 Å². The van der Waals surface area contributed by atoms with Crippen LogP contribution in [0.4, 0.5) is 0 Å². The molecule has 0 fully saturated rings. The van der Waals surface area contributed by atoms with E-state index in [2.05, 4.69) is 5.10 Å². The van der Waals surface area contributed by atoms with Gasteiger partial charge in [0.05, 0.1) is 11.1 Å². The van der Waals surface area contributed by atoms with Crippen LogP contribution in [0.5, 0.6) is 0 Å². The lowest BCUT2D eigenvalue weighted by Gasteiger charge is -2.08. The molecule has 3 rings (SSSR count). The molecule has 0 spiro atoms. The van der Waals surface area contributed by atoms with Crippen LogP contribution in [0.1, 0.15) is 11.7 Å². The van der Waals surface area contributed by atoms with E-state index in [1.54, 1.807) is 12.1 Å². The SMILES string of the molecule is CC(=O)n1nc(-c2ccccc2)c2ccccc2c1=O. The largest absolute Gasteiger partial charge is 0.281 e. The van der Waals surface area contributed by atoms with Gasteiger partial charge in [0.2, 0.25) is 5.91 Å². The molecule has 0 saturated carbocycles. The normalized spacial score (nSPS) is 10.7. The van der Waals surface area contributed by atoms with Gasteiger partial charge >= 0.3 is 0 Å². The van der Waals surface area contributed by atoms with Gasteiger partial charge in [-0.2, -0.15) is 9.78 Å². The first-order chi connectivity index (χ1) is 9.68. The first-order valence-electron chi connectivity index (χ1n) is 6.27. The van der Waals surface area contributed by atoms with Crippen LogP contribution in [0, 0.1) is 0 Å². The average molecular weight is 264 g/mol. The Balaban J connectivity index is 2.46. The van der Waals surface area contributed by atoms with Crippen LogP contribution >= 0.6 is 0 Å². The van der Waals surface area contributed by atoms with Gasteiger partial charge in [0.1, 0.15) is 0 Å². The molecule has 0 atom stereocenters. The average Bonchev–Trinajstić information content (AvgIpc) is 2.48. The summed E-state index contributed by atoms with van der Waals surface area (Å²) in [6.07, 6.45) is 0. The number of carbonyl (C=O) groups is 1. The highest BCUT2D eigenvalue weighted by molar-refractivity contribution is 5.95. The number of carbonyl (C=O) groups excluding carboxylic acids is 1. The highest BCUT2D eigenvalue weighted by Gasteiger charge is 2.13. The fraction of sp³-hybridized carbons (Fsp3) is 0.0625. The van der Waals surface area contributed by atoms with E-state index >= 15 is 0 Å². The summed E-state index contributed by atoms with van der Waals surface area (Å²) in [7, 11) is 0. The smallest absolute Gasteiger partial charge is 0.273 e. The second-order valence-electron chi connectivity index (χ2n) is 4.50. The van der Waals surface area contributed by atoms with E-state index in [-0.39, 0.29) is 5.56 Å². The van der Waals surface area contributed by atoms with Gasteiger partial charge in [-0.05, 0) is 6.07 Å². The molecular weight excluding hydrogens is 252 g/mol. The molecule has 4 nitrogen and oxygen atoms in total. The molecule has 0 radical (unpaired) electrons.